The lowest BCUT2D eigenvalue weighted by molar-refractivity contribution is 0.469. The fraction of sp³-hybridized carbons (Fsp3) is 0.333. The van der Waals surface area contributed by atoms with E-state index in [1.54, 1.807) is 12.1 Å². The number of hydrogen-bond donors (Lipinski definition) is 2. The summed E-state index contributed by atoms with van der Waals surface area (Å²) in [6.45, 7) is 0. The van der Waals surface area contributed by atoms with Crippen LogP contribution in [0.2, 0.25) is 0 Å². The zero-order chi connectivity index (χ0) is 13.8. The van der Waals surface area contributed by atoms with E-state index in [9.17, 15) is 5.11 Å². The van der Waals surface area contributed by atoms with Gasteiger partial charge >= 0.3 is 0 Å². The van der Waals surface area contributed by atoms with Gasteiger partial charge in [0, 0.05) is 6.04 Å². The van der Waals surface area contributed by atoms with E-state index >= 15 is 0 Å². The summed E-state index contributed by atoms with van der Waals surface area (Å²) in [5.41, 5.74) is 2.49. The van der Waals surface area contributed by atoms with Gasteiger partial charge in [-0.25, -0.2) is 0 Å². The maximum atomic E-state index is 9.47. The molecule has 2 aromatic carbocycles. The van der Waals surface area contributed by atoms with Crippen molar-refractivity contribution in [2.24, 2.45) is 0 Å². The Kier molecular flexibility index (Phi) is 4.03. The first-order valence-electron chi connectivity index (χ1n) is 7.43. The highest BCUT2D eigenvalue weighted by Gasteiger charge is 2.21. The maximum absolute atomic E-state index is 9.47. The smallest absolute Gasteiger partial charge is 0.115 e. The molecule has 2 heteroatoms. The van der Waals surface area contributed by atoms with E-state index in [0.717, 1.165) is 0 Å². The summed E-state index contributed by atoms with van der Waals surface area (Å²) in [5, 5.41) is 13.3. The van der Waals surface area contributed by atoms with Gasteiger partial charge in [-0.15, -0.1) is 0 Å². The summed E-state index contributed by atoms with van der Waals surface area (Å²) in [4.78, 5) is 0. The monoisotopic (exact) mass is 267 g/mol. The van der Waals surface area contributed by atoms with Crippen LogP contribution in [0.4, 0.5) is 0 Å². The first kappa shape index (κ1) is 13.2. The van der Waals surface area contributed by atoms with Crippen LogP contribution in [0.5, 0.6) is 5.75 Å². The number of rotatable bonds is 4. The second kappa shape index (κ2) is 6.10. The molecule has 0 saturated heterocycles. The van der Waals surface area contributed by atoms with Crippen LogP contribution in [-0.4, -0.2) is 11.1 Å². The van der Waals surface area contributed by atoms with Crippen molar-refractivity contribution in [2.45, 2.75) is 37.8 Å². The second-order valence-corrected chi connectivity index (χ2v) is 5.58. The summed E-state index contributed by atoms with van der Waals surface area (Å²) in [7, 11) is 0. The van der Waals surface area contributed by atoms with Gasteiger partial charge in [0.15, 0.2) is 0 Å². The normalized spacial score (nSPS) is 17.2. The highest BCUT2D eigenvalue weighted by atomic mass is 16.3. The summed E-state index contributed by atoms with van der Waals surface area (Å²) >= 11 is 0. The third kappa shape index (κ3) is 3.02. The number of aromatic hydroxyl groups is 1. The molecule has 0 radical (unpaired) electrons. The van der Waals surface area contributed by atoms with E-state index in [1.165, 1.54) is 36.8 Å². The Morgan fingerprint density at radius 3 is 2.10 bits per heavy atom. The molecule has 0 heterocycles. The molecule has 0 aliphatic heterocycles. The van der Waals surface area contributed by atoms with E-state index in [0.29, 0.717) is 11.8 Å². The quantitative estimate of drug-likeness (QED) is 0.877. The molecule has 0 bridgehead atoms. The molecule has 1 aliphatic rings. The van der Waals surface area contributed by atoms with Crippen molar-refractivity contribution in [2.75, 3.05) is 0 Å². The molecule has 2 N–H and O–H groups in total. The molecule has 1 unspecified atom stereocenters. The van der Waals surface area contributed by atoms with Crippen molar-refractivity contribution in [3.8, 4) is 5.75 Å². The number of benzene rings is 2. The van der Waals surface area contributed by atoms with Crippen LogP contribution in [0.1, 0.15) is 42.9 Å². The van der Waals surface area contributed by atoms with E-state index in [1.807, 2.05) is 18.2 Å². The van der Waals surface area contributed by atoms with Crippen molar-refractivity contribution in [1.82, 2.24) is 5.32 Å². The van der Waals surface area contributed by atoms with E-state index in [4.69, 9.17) is 0 Å². The Labute approximate surface area is 120 Å². The summed E-state index contributed by atoms with van der Waals surface area (Å²) in [6.07, 6.45) is 5.19. The molecule has 0 amide bonds. The van der Waals surface area contributed by atoms with Crippen molar-refractivity contribution in [1.29, 1.82) is 0 Å². The first-order valence-corrected chi connectivity index (χ1v) is 7.43. The summed E-state index contributed by atoms with van der Waals surface area (Å²) in [6, 6.07) is 18.9. The van der Waals surface area contributed by atoms with Crippen LogP contribution in [0, 0.1) is 0 Å². The molecule has 0 aromatic heterocycles. The molecule has 1 saturated carbocycles. The molecule has 1 atom stereocenters. The minimum atomic E-state index is 0.208. The molecule has 1 aliphatic carbocycles. The zero-order valence-corrected chi connectivity index (χ0v) is 11.6. The summed E-state index contributed by atoms with van der Waals surface area (Å²) < 4.78 is 0. The lowest BCUT2D eigenvalue weighted by Crippen LogP contribution is -2.31. The largest absolute Gasteiger partial charge is 0.508 e. The van der Waals surface area contributed by atoms with Gasteiger partial charge in [-0.3, -0.25) is 0 Å². The van der Waals surface area contributed by atoms with Crippen LogP contribution in [-0.2, 0) is 0 Å². The second-order valence-electron chi connectivity index (χ2n) is 5.58. The zero-order valence-electron chi connectivity index (χ0n) is 11.6. The number of nitrogens with one attached hydrogen (secondary N) is 1. The van der Waals surface area contributed by atoms with Crippen LogP contribution in [0.3, 0.4) is 0 Å². The molecule has 2 aromatic rings. The molecule has 20 heavy (non-hydrogen) atoms. The molecule has 3 rings (SSSR count). The predicted octanol–water partition coefficient (Wildman–Crippen LogP) is 4.01. The number of phenolic OH excluding ortho intramolecular Hbond substituents is 1. The van der Waals surface area contributed by atoms with Gasteiger partial charge in [-0.2, -0.15) is 0 Å². The van der Waals surface area contributed by atoms with Gasteiger partial charge in [-0.1, -0.05) is 55.3 Å². The predicted molar refractivity (Wildman–Crippen MR) is 81.8 cm³/mol. The Bertz CT molecular complexity index is 529. The third-order valence-electron chi connectivity index (χ3n) is 4.12. The Hall–Kier alpha value is -1.80. The van der Waals surface area contributed by atoms with Crippen LogP contribution in [0.25, 0.3) is 0 Å². The van der Waals surface area contributed by atoms with Crippen molar-refractivity contribution < 1.29 is 5.11 Å². The number of phenols is 1. The Morgan fingerprint density at radius 2 is 1.45 bits per heavy atom. The number of hydrogen-bond acceptors (Lipinski definition) is 2. The van der Waals surface area contributed by atoms with Gasteiger partial charge in [0.2, 0.25) is 0 Å². The molecule has 104 valence electrons. The molecule has 0 spiro atoms. The highest BCUT2D eigenvalue weighted by molar-refractivity contribution is 5.35. The van der Waals surface area contributed by atoms with E-state index in [2.05, 4.69) is 29.6 Å². The van der Waals surface area contributed by atoms with Gasteiger partial charge in [-0.05, 0) is 36.1 Å². The Morgan fingerprint density at radius 1 is 0.850 bits per heavy atom. The van der Waals surface area contributed by atoms with Crippen molar-refractivity contribution in [3.05, 3.63) is 65.7 Å². The van der Waals surface area contributed by atoms with Crippen molar-refractivity contribution >= 4 is 0 Å². The SMILES string of the molecule is Oc1ccc(C(NC2CCCC2)c2ccccc2)cc1. The first-order chi connectivity index (χ1) is 9.83. The highest BCUT2D eigenvalue weighted by Crippen LogP contribution is 2.27. The molecule has 2 nitrogen and oxygen atoms in total. The van der Waals surface area contributed by atoms with Gasteiger partial charge in [0.1, 0.15) is 5.75 Å². The lowest BCUT2D eigenvalue weighted by Gasteiger charge is -2.24. The van der Waals surface area contributed by atoms with Crippen LogP contribution in [0.15, 0.2) is 54.6 Å². The standard InChI is InChI=1S/C18H21NO/c20-17-12-10-15(11-13-17)18(14-6-2-1-3-7-14)19-16-8-4-5-9-16/h1-3,6-7,10-13,16,18-20H,4-5,8-9H2. The Balaban J connectivity index is 1.88. The van der Waals surface area contributed by atoms with Crippen LogP contribution < -0.4 is 5.32 Å². The average molecular weight is 267 g/mol. The van der Waals surface area contributed by atoms with Gasteiger partial charge < -0.3 is 10.4 Å². The van der Waals surface area contributed by atoms with E-state index < -0.39 is 0 Å². The summed E-state index contributed by atoms with van der Waals surface area (Å²) in [5.74, 6) is 0.321. The molecule has 1 fully saturated rings. The minimum Gasteiger partial charge on any atom is -0.508 e. The maximum Gasteiger partial charge on any atom is 0.115 e. The van der Waals surface area contributed by atoms with Crippen LogP contribution >= 0.6 is 0 Å². The molecular formula is C18H21NO. The average Bonchev–Trinajstić information content (AvgIpc) is 3.00. The van der Waals surface area contributed by atoms with Gasteiger partial charge in [0.05, 0.1) is 6.04 Å². The lowest BCUT2D eigenvalue weighted by atomic mass is 9.97. The minimum absolute atomic E-state index is 0.208. The fourth-order valence-corrected chi connectivity index (χ4v) is 3.03. The van der Waals surface area contributed by atoms with Gasteiger partial charge in [0.25, 0.3) is 0 Å². The fourth-order valence-electron chi connectivity index (χ4n) is 3.03. The third-order valence-corrected chi connectivity index (χ3v) is 4.12. The van der Waals surface area contributed by atoms with E-state index in [-0.39, 0.29) is 6.04 Å². The topological polar surface area (TPSA) is 32.3 Å². The van der Waals surface area contributed by atoms with Crippen molar-refractivity contribution in [3.63, 3.8) is 0 Å². The molecular weight excluding hydrogens is 246 g/mol.